The molecule has 0 aromatic carbocycles. The summed E-state index contributed by atoms with van der Waals surface area (Å²) in [5.74, 6) is 0.468. The number of rotatable bonds is 2. The van der Waals surface area contributed by atoms with Gasteiger partial charge < -0.3 is 14.6 Å². The van der Waals surface area contributed by atoms with Crippen LogP contribution < -0.4 is 5.56 Å². The molecule has 1 amide bonds. The molecule has 1 unspecified atom stereocenters. The second-order valence-electron chi connectivity index (χ2n) is 6.74. The number of hydrogen-bond acceptors (Lipinski definition) is 5. The molecule has 0 radical (unpaired) electrons. The monoisotopic (exact) mass is 340 g/mol. The van der Waals surface area contributed by atoms with E-state index in [-0.39, 0.29) is 11.5 Å². The molecule has 1 N–H and O–H groups in total. The first kappa shape index (κ1) is 16.0. The standard InChI is InChI=1S/C18H20N4O3/c1-18(6-3-9-25-18)17(24)22-8-5-13-14(11-22)20-15(21-16(13)23)12-4-2-7-19-10-12/h2,4,7,10H,3,5-6,8-9,11H2,1H3,(H,20,21,23). The number of fused-ring (bicyclic) bond motifs is 1. The molecule has 4 rings (SSSR count). The van der Waals surface area contributed by atoms with Gasteiger partial charge in [-0.2, -0.15) is 0 Å². The molecule has 0 bridgehead atoms. The number of nitrogens with one attached hydrogen (secondary N) is 1. The van der Waals surface area contributed by atoms with Gasteiger partial charge in [-0.3, -0.25) is 14.6 Å². The van der Waals surface area contributed by atoms with Gasteiger partial charge in [0.25, 0.3) is 11.5 Å². The molecule has 7 nitrogen and oxygen atoms in total. The van der Waals surface area contributed by atoms with Crippen LogP contribution >= 0.6 is 0 Å². The van der Waals surface area contributed by atoms with Crippen LogP contribution in [0.2, 0.25) is 0 Å². The van der Waals surface area contributed by atoms with Crippen LogP contribution in [0.15, 0.2) is 29.3 Å². The van der Waals surface area contributed by atoms with Crippen molar-refractivity contribution in [2.75, 3.05) is 13.2 Å². The number of aromatic amines is 1. The largest absolute Gasteiger partial charge is 0.365 e. The number of ether oxygens (including phenoxy) is 1. The van der Waals surface area contributed by atoms with Gasteiger partial charge in [-0.1, -0.05) is 0 Å². The summed E-state index contributed by atoms with van der Waals surface area (Å²) in [6, 6.07) is 3.64. The maximum atomic E-state index is 12.8. The molecule has 0 spiro atoms. The highest BCUT2D eigenvalue weighted by atomic mass is 16.5. The molecule has 130 valence electrons. The fourth-order valence-electron chi connectivity index (χ4n) is 3.53. The van der Waals surface area contributed by atoms with Gasteiger partial charge in [0, 0.05) is 36.7 Å². The molecule has 0 saturated carbocycles. The smallest absolute Gasteiger partial charge is 0.254 e. The zero-order chi connectivity index (χ0) is 17.4. The van der Waals surface area contributed by atoms with Crippen LogP contribution in [-0.2, 0) is 22.5 Å². The maximum Gasteiger partial charge on any atom is 0.254 e. The van der Waals surface area contributed by atoms with Crippen LogP contribution in [0.25, 0.3) is 11.4 Å². The van der Waals surface area contributed by atoms with Gasteiger partial charge in [0.2, 0.25) is 0 Å². The van der Waals surface area contributed by atoms with Crippen molar-refractivity contribution in [2.45, 2.75) is 38.3 Å². The SMILES string of the molecule is CC1(C(=O)N2CCc3c(nc(-c4cccnc4)[nH]c3=O)C2)CCCO1. The van der Waals surface area contributed by atoms with E-state index in [2.05, 4.69) is 15.0 Å². The normalized spacial score (nSPS) is 22.7. The van der Waals surface area contributed by atoms with E-state index in [1.807, 2.05) is 13.0 Å². The second kappa shape index (κ2) is 6.07. The van der Waals surface area contributed by atoms with Crippen molar-refractivity contribution in [3.8, 4) is 11.4 Å². The molecule has 2 aliphatic rings. The average Bonchev–Trinajstić information content (AvgIpc) is 3.09. The van der Waals surface area contributed by atoms with E-state index in [9.17, 15) is 9.59 Å². The predicted octanol–water partition coefficient (Wildman–Crippen LogP) is 1.29. The van der Waals surface area contributed by atoms with Gasteiger partial charge >= 0.3 is 0 Å². The van der Waals surface area contributed by atoms with Gasteiger partial charge in [-0.15, -0.1) is 0 Å². The summed E-state index contributed by atoms with van der Waals surface area (Å²) in [4.78, 5) is 38.5. The lowest BCUT2D eigenvalue weighted by atomic mass is 9.98. The van der Waals surface area contributed by atoms with Crippen molar-refractivity contribution in [3.05, 3.63) is 46.1 Å². The molecule has 1 saturated heterocycles. The fourth-order valence-corrected chi connectivity index (χ4v) is 3.53. The highest BCUT2D eigenvalue weighted by molar-refractivity contribution is 5.85. The quantitative estimate of drug-likeness (QED) is 0.890. The number of pyridine rings is 1. The third-order valence-electron chi connectivity index (χ3n) is 4.97. The Kier molecular flexibility index (Phi) is 3.88. The molecule has 4 heterocycles. The van der Waals surface area contributed by atoms with Crippen LogP contribution in [0.5, 0.6) is 0 Å². The van der Waals surface area contributed by atoms with Crippen LogP contribution in [0, 0.1) is 0 Å². The molecule has 7 heteroatoms. The van der Waals surface area contributed by atoms with Crippen LogP contribution in [0.1, 0.15) is 31.0 Å². The average molecular weight is 340 g/mol. The summed E-state index contributed by atoms with van der Waals surface area (Å²) in [6.07, 6.45) is 5.47. The molecule has 1 fully saturated rings. The third kappa shape index (κ3) is 2.84. The van der Waals surface area contributed by atoms with Crippen molar-refractivity contribution < 1.29 is 9.53 Å². The number of carbonyl (C=O) groups excluding carboxylic acids is 1. The molecule has 0 aliphatic carbocycles. The molecular formula is C18H20N4O3. The van der Waals surface area contributed by atoms with E-state index >= 15 is 0 Å². The Morgan fingerprint density at radius 3 is 3.04 bits per heavy atom. The summed E-state index contributed by atoms with van der Waals surface area (Å²) in [6.45, 7) is 3.33. The predicted molar refractivity (Wildman–Crippen MR) is 90.8 cm³/mol. The highest BCUT2D eigenvalue weighted by Crippen LogP contribution is 2.29. The van der Waals surface area contributed by atoms with E-state index in [4.69, 9.17) is 4.74 Å². The van der Waals surface area contributed by atoms with Crippen LogP contribution in [0.4, 0.5) is 0 Å². The molecule has 25 heavy (non-hydrogen) atoms. The van der Waals surface area contributed by atoms with Gasteiger partial charge in [0.05, 0.1) is 12.2 Å². The summed E-state index contributed by atoms with van der Waals surface area (Å²) in [5, 5.41) is 0. The number of H-pyrrole nitrogens is 1. The zero-order valence-electron chi connectivity index (χ0n) is 14.1. The lowest BCUT2D eigenvalue weighted by molar-refractivity contribution is -0.152. The summed E-state index contributed by atoms with van der Waals surface area (Å²) in [7, 11) is 0. The summed E-state index contributed by atoms with van der Waals surface area (Å²) >= 11 is 0. The number of carbonyl (C=O) groups is 1. The lowest BCUT2D eigenvalue weighted by Gasteiger charge is -2.33. The summed E-state index contributed by atoms with van der Waals surface area (Å²) < 4.78 is 5.67. The Bertz CT molecular complexity index is 856. The third-order valence-corrected chi connectivity index (χ3v) is 4.97. The van der Waals surface area contributed by atoms with E-state index in [1.54, 1.807) is 23.4 Å². The first-order chi connectivity index (χ1) is 12.1. The Hall–Kier alpha value is -2.54. The fraction of sp³-hybridized carbons (Fsp3) is 0.444. The molecular weight excluding hydrogens is 320 g/mol. The molecule has 1 atom stereocenters. The minimum Gasteiger partial charge on any atom is -0.365 e. The minimum atomic E-state index is -0.745. The van der Waals surface area contributed by atoms with Crippen molar-refractivity contribution >= 4 is 5.91 Å². The van der Waals surface area contributed by atoms with E-state index < -0.39 is 5.60 Å². The Morgan fingerprint density at radius 2 is 2.32 bits per heavy atom. The topological polar surface area (TPSA) is 88.2 Å². The lowest BCUT2D eigenvalue weighted by Crippen LogP contribution is -2.49. The zero-order valence-corrected chi connectivity index (χ0v) is 14.1. The van der Waals surface area contributed by atoms with Gasteiger partial charge in [-0.05, 0) is 38.3 Å². The first-order valence-electron chi connectivity index (χ1n) is 8.53. The van der Waals surface area contributed by atoms with E-state index in [0.29, 0.717) is 43.2 Å². The van der Waals surface area contributed by atoms with E-state index in [0.717, 1.165) is 18.4 Å². The van der Waals surface area contributed by atoms with Crippen LogP contribution in [-0.4, -0.2) is 44.5 Å². The first-order valence-corrected chi connectivity index (χ1v) is 8.53. The van der Waals surface area contributed by atoms with Gasteiger partial charge in [0.1, 0.15) is 11.4 Å². The number of hydrogen-bond donors (Lipinski definition) is 1. The Morgan fingerprint density at radius 1 is 1.44 bits per heavy atom. The van der Waals surface area contributed by atoms with Crippen LogP contribution in [0.3, 0.4) is 0 Å². The summed E-state index contributed by atoms with van der Waals surface area (Å²) in [5.41, 5.74) is 1.18. The van der Waals surface area contributed by atoms with E-state index in [1.165, 1.54) is 0 Å². The maximum absolute atomic E-state index is 12.8. The van der Waals surface area contributed by atoms with Crippen molar-refractivity contribution in [2.24, 2.45) is 0 Å². The molecule has 2 aliphatic heterocycles. The van der Waals surface area contributed by atoms with Gasteiger partial charge in [-0.25, -0.2) is 4.98 Å². The minimum absolute atomic E-state index is 0.0133. The number of amides is 1. The molecule has 2 aromatic heterocycles. The van der Waals surface area contributed by atoms with Crippen molar-refractivity contribution in [1.82, 2.24) is 19.9 Å². The highest BCUT2D eigenvalue weighted by Gasteiger charge is 2.41. The second-order valence-corrected chi connectivity index (χ2v) is 6.74. The molecule has 2 aromatic rings. The number of nitrogens with zero attached hydrogens (tertiary/aromatic N) is 3. The Labute approximate surface area is 145 Å². The van der Waals surface area contributed by atoms with Crippen molar-refractivity contribution in [3.63, 3.8) is 0 Å². The van der Waals surface area contributed by atoms with Gasteiger partial charge in [0.15, 0.2) is 0 Å². The van der Waals surface area contributed by atoms with Crippen molar-refractivity contribution in [1.29, 1.82) is 0 Å². The Balaban J connectivity index is 1.65. The number of aromatic nitrogens is 3.